The number of hydrogen-bond donors (Lipinski definition) is 0. The molecule has 0 amide bonds. The summed E-state index contributed by atoms with van der Waals surface area (Å²) in [5.41, 5.74) is 2.40. The van der Waals surface area contributed by atoms with Crippen LogP contribution in [0.3, 0.4) is 0 Å². The number of fused-ring (bicyclic) bond motifs is 1. The molecule has 28 heavy (non-hydrogen) atoms. The van der Waals surface area contributed by atoms with Gasteiger partial charge in [-0.05, 0) is 57.2 Å². The van der Waals surface area contributed by atoms with E-state index in [1.165, 1.54) is 14.0 Å². The molecule has 1 heterocycles. The lowest BCUT2D eigenvalue weighted by Gasteiger charge is -2.10. The molecule has 0 fully saturated rings. The maximum Gasteiger partial charge on any atom is 0.374 e. The molecule has 1 aromatic heterocycles. The zero-order valence-electron chi connectivity index (χ0n) is 16.3. The fourth-order valence-electron chi connectivity index (χ4n) is 2.97. The molecule has 0 saturated heterocycles. The van der Waals surface area contributed by atoms with Crippen molar-refractivity contribution in [2.24, 2.45) is 0 Å². The Hall–Kier alpha value is -3.28. The van der Waals surface area contributed by atoms with Gasteiger partial charge in [0.1, 0.15) is 23.7 Å². The Balaban J connectivity index is 1.83. The molecule has 146 valence electrons. The largest absolute Gasteiger partial charge is 0.496 e. The lowest BCUT2D eigenvalue weighted by Crippen LogP contribution is -2.07. The summed E-state index contributed by atoms with van der Waals surface area (Å²) in [5.74, 6) is 0.742. The van der Waals surface area contributed by atoms with E-state index in [4.69, 9.17) is 18.6 Å². The molecule has 0 spiro atoms. The number of esters is 1. The highest BCUT2D eigenvalue weighted by molar-refractivity contribution is 5.96. The third kappa shape index (κ3) is 3.86. The molecule has 3 aromatic rings. The third-order valence-corrected chi connectivity index (χ3v) is 4.45. The number of furan rings is 1. The Morgan fingerprint density at radius 3 is 2.57 bits per heavy atom. The van der Waals surface area contributed by atoms with Gasteiger partial charge in [-0.25, -0.2) is 4.79 Å². The molecule has 0 unspecified atom stereocenters. The predicted molar refractivity (Wildman–Crippen MR) is 104 cm³/mol. The van der Waals surface area contributed by atoms with E-state index in [1.54, 1.807) is 37.3 Å². The number of carbonyl (C=O) groups excluding carboxylic acids is 2. The first kappa shape index (κ1) is 19.5. The highest BCUT2D eigenvalue weighted by atomic mass is 16.5. The molecular formula is C22H22O6. The van der Waals surface area contributed by atoms with Gasteiger partial charge >= 0.3 is 5.97 Å². The van der Waals surface area contributed by atoms with Gasteiger partial charge in [0.2, 0.25) is 5.76 Å². The summed E-state index contributed by atoms with van der Waals surface area (Å²) in [6.07, 6.45) is 0. The first-order valence-electron chi connectivity index (χ1n) is 8.95. The molecule has 0 atom stereocenters. The van der Waals surface area contributed by atoms with Crippen molar-refractivity contribution in [1.82, 2.24) is 0 Å². The van der Waals surface area contributed by atoms with Gasteiger partial charge in [-0.1, -0.05) is 0 Å². The van der Waals surface area contributed by atoms with Gasteiger partial charge in [0.25, 0.3) is 0 Å². The second kappa shape index (κ2) is 8.17. The molecule has 0 N–H and O–H groups in total. The summed E-state index contributed by atoms with van der Waals surface area (Å²) in [7, 11) is 1.52. The van der Waals surface area contributed by atoms with E-state index in [-0.39, 0.29) is 18.2 Å². The normalized spacial score (nSPS) is 10.7. The standard InChI is InChI=1S/C22H22O6/c1-5-26-17-7-9-20-18(11-17)13(2)21(28-20)22(24)27-12-16-10-15(14(3)23)6-8-19(16)25-4/h6-11H,5,12H2,1-4H3. The highest BCUT2D eigenvalue weighted by Gasteiger charge is 2.20. The van der Waals surface area contributed by atoms with Crippen molar-refractivity contribution in [3.05, 3.63) is 58.8 Å². The summed E-state index contributed by atoms with van der Waals surface area (Å²) >= 11 is 0. The summed E-state index contributed by atoms with van der Waals surface area (Å²) in [6.45, 7) is 5.70. The molecule has 0 saturated carbocycles. The fourth-order valence-corrected chi connectivity index (χ4v) is 2.97. The van der Waals surface area contributed by atoms with Crippen LogP contribution in [0.1, 0.15) is 45.9 Å². The number of rotatable bonds is 7. The van der Waals surface area contributed by atoms with E-state index >= 15 is 0 Å². The van der Waals surface area contributed by atoms with Gasteiger partial charge < -0.3 is 18.6 Å². The number of carbonyl (C=O) groups is 2. The van der Waals surface area contributed by atoms with Gasteiger partial charge in [0.15, 0.2) is 5.78 Å². The van der Waals surface area contributed by atoms with E-state index in [1.807, 2.05) is 13.0 Å². The number of hydrogen-bond acceptors (Lipinski definition) is 6. The Morgan fingerprint density at radius 2 is 1.89 bits per heavy atom. The quantitative estimate of drug-likeness (QED) is 0.435. The van der Waals surface area contributed by atoms with E-state index in [9.17, 15) is 9.59 Å². The lowest BCUT2D eigenvalue weighted by molar-refractivity contribution is 0.0435. The minimum Gasteiger partial charge on any atom is -0.496 e. The Kier molecular flexibility index (Phi) is 5.68. The van der Waals surface area contributed by atoms with Crippen molar-refractivity contribution in [1.29, 1.82) is 0 Å². The average Bonchev–Trinajstić information content (AvgIpc) is 3.02. The predicted octanol–water partition coefficient (Wildman–Crippen LogP) is 4.71. The summed E-state index contributed by atoms with van der Waals surface area (Å²) in [5, 5.41) is 0.800. The minimum atomic E-state index is -0.582. The summed E-state index contributed by atoms with van der Waals surface area (Å²) in [4.78, 5) is 24.2. The van der Waals surface area contributed by atoms with Crippen LogP contribution in [0.4, 0.5) is 0 Å². The number of ketones is 1. The van der Waals surface area contributed by atoms with Gasteiger partial charge in [0, 0.05) is 22.1 Å². The molecule has 0 aliphatic carbocycles. The number of methoxy groups -OCH3 is 1. The first-order valence-corrected chi connectivity index (χ1v) is 8.95. The van der Waals surface area contributed by atoms with Gasteiger partial charge in [-0.15, -0.1) is 0 Å². The maximum absolute atomic E-state index is 12.6. The zero-order chi connectivity index (χ0) is 20.3. The van der Waals surface area contributed by atoms with Crippen molar-refractivity contribution in [2.45, 2.75) is 27.4 Å². The van der Waals surface area contributed by atoms with E-state index in [2.05, 4.69) is 0 Å². The smallest absolute Gasteiger partial charge is 0.374 e. The topological polar surface area (TPSA) is 75.0 Å². The highest BCUT2D eigenvalue weighted by Crippen LogP contribution is 2.30. The van der Waals surface area contributed by atoms with Crippen LogP contribution in [-0.2, 0) is 11.3 Å². The number of aryl methyl sites for hydroxylation is 1. The monoisotopic (exact) mass is 382 g/mol. The molecular weight excluding hydrogens is 360 g/mol. The van der Waals surface area contributed by atoms with E-state index < -0.39 is 5.97 Å². The molecule has 6 nitrogen and oxygen atoms in total. The fraction of sp³-hybridized carbons (Fsp3) is 0.273. The number of benzene rings is 2. The SMILES string of the molecule is CCOc1ccc2oc(C(=O)OCc3cc(C(C)=O)ccc3OC)c(C)c2c1. The molecule has 0 aliphatic heterocycles. The maximum atomic E-state index is 12.6. The number of Topliss-reactive ketones (excluding diaryl/α,β-unsaturated/α-hetero) is 1. The minimum absolute atomic E-state index is 0.0379. The average molecular weight is 382 g/mol. The van der Waals surface area contributed by atoms with Gasteiger partial charge in [0.05, 0.1) is 13.7 Å². The van der Waals surface area contributed by atoms with Crippen LogP contribution in [0.25, 0.3) is 11.0 Å². The van der Waals surface area contributed by atoms with Crippen molar-refractivity contribution in [2.75, 3.05) is 13.7 Å². The van der Waals surface area contributed by atoms with Crippen molar-refractivity contribution in [3.8, 4) is 11.5 Å². The van der Waals surface area contributed by atoms with Crippen LogP contribution in [0, 0.1) is 6.92 Å². The van der Waals surface area contributed by atoms with Crippen LogP contribution >= 0.6 is 0 Å². The molecule has 3 rings (SSSR count). The van der Waals surface area contributed by atoms with Crippen molar-refractivity contribution >= 4 is 22.7 Å². The number of ether oxygens (including phenoxy) is 3. The molecule has 6 heteroatoms. The van der Waals surface area contributed by atoms with Gasteiger partial charge in [-0.2, -0.15) is 0 Å². The lowest BCUT2D eigenvalue weighted by atomic mass is 10.1. The van der Waals surface area contributed by atoms with Gasteiger partial charge in [-0.3, -0.25) is 4.79 Å². The van der Waals surface area contributed by atoms with Crippen molar-refractivity contribution < 1.29 is 28.2 Å². The second-order valence-corrected chi connectivity index (χ2v) is 6.31. The Labute approximate surface area is 163 Å². The molecule has 0 aliphatic rings. The van der Waals surface area contributed by atoms with Crippen LogP contribution in [0.2, 0.25) is 0 Å². The van der Waals surface area contributed by atoms with Crippen LogP contribution in [-0.4, -0.2) is 25.5 Å². The summed E-state index contributed by atoms with van der Waals surface area (Å²) in [6, 6.07) is 10.4. The Morgan fingerprint density at radius 1 is 1.11 bits per heavy atom. The van der Waals surface area contributed by atoms with Crippen LogP contribution in [0.15, 0.2) is 40.8 Å². The third-order valence-electron chi connectivity index (χ3n) is 4.45. The molecule has 0 bridgehead atoms. The molecule has 0 radical (unpaired) electrons. The van der Waals surface area contributed by atoms with Crippen molar-refractivity contribution in [3.63, 3.8) is 0 Å². The van der Waals surface area contributed by atoms with Crippen LogP contribution in [0.5, 0.6) is 11.5 Å². The zero-order valence-corrected chi connectivity index (χ0v) is 16.3. The van der Waals surface area contributed by atoms with E-state index in [0.717, 1.165) is 5.39 Å². The second-order valence-electron chi connectivity index (χ2n) is 6.31. The first-order chi connectivity index (χ1) is 13.4. The van der Waals surface area contributed by atoms with Crippen LogP contribution < -0.4 is 9.47 Å². The summed E-state index contributed by atoms with van der Waals surface area (Å²) < 4.78 is 21.9. The Bertz CT molecular complexity index is 1030. The molecule has 2 aromatic carbocycles. The van der Waals surface area contributed by atoms with E-state index in [0.29, 0.717) is 40.4 Å².